The van der Waals surface area contributed by atoms with Crippen LogP contribution in [0.4, 0.5) is 11.4 Å². The number of nitrogens with one attached hydrogen (secondary N) is 1. The van der Waals surface area contributed by atoms with Crippen LogP contribution in [0.3, 0.4) is 0 Å². The molecule has 7 nitrogen and oxygen atoms in total. The Labute approximate surface area is 144 Å². The van der Waals surface area contributed by atoms with E-state index < -0.39 is 0 Å². The topological polar surface area (TPSA) is 80.1 Å². The van der Waals surface area contributed by atoms with Gasteiger partial charge in [0, 0.05) is 20.0 Å². The molecule has 3 rings (SSSR count). The lowest BCUT2D eigenvalue weighted by Crippen LogP contribution is -2.27. The Morgan fingerprint density at radius 2 is 2.17 bits per heavy atom. The van der Waals surface area contributed by atoms with Crippen molar-refractivity contribution in [2.75, 3.05) is 16.8 Å². The van der Waals surface area contributed by atoms with Gasteiger partial charge >= 0.3 is 0 Å². The number of carbonyl (C=O) groups is 2. The van der Waals surface area contributed by atoms with Crippen LogP contribution in [0.15, 0.2) is 35.7 Å². The van der Waals surface area contributed by atoms with E-state index in [4.69, 9.17) is 0 Å². The largest absolute Gasteiger partial charge is 0.323 e. The first-order valence-electron chi connectivity index (χ1n) is 7.77. The fourth-order valence-electron chi connectivity index (χ4n) is 2.54. The highest BCUT2D eigenvalue weighted by Crippen LogP contribution is 2.30. The molecule has 0 saturated carbocycles. The van der Waals surface area contributed by atoms with E-state index >= 15 is 0 Å². The molecule has 24 heavy (non-hydrogen) atoms. The molecular weight excluding hydrogens is 326 g/mol. The number of rotatable bonds is 5. The van der Waals surface area contributed by atoms with Gasteiger partial charge in [-0.25, -0.2) is 0 Å². The Hall–Kier alpha value is -2.35. The van der Waals surface area contributed by atoms with Gasteiger partial charge in [-0.3, -0.25) is 9.59 Å². The third-order valence-electron chi connectivity index (χ3n) is 3.85. The van der Waals surface area contributed by atoms with Crippen LogP contribution in [0.5, 0.6) is 0 Å². The van der Waals surface area contributed by atoms with Gasteiger partial charge in [0.2, 0.25) is 11.8 Å². The minimum Gasteiger partial charge on any atom is -0.323 e. The van der Waals surface area contributed by atoms with Gasteiger partial charge in [0.1, 0.15) is 6.33 Å². The van der Waals surface area contributed by atoms with Crippen molar-refractivity contribution in [3.05, 3.63) is 30.6 Å². The first kappa shape index (κ1) is 16.5. The zero-order valence-corrected chi connectivity index (χ0v) is 14.4. The van der Waals surface area contributed by atoms with Gasteiger partial charge in [-0.2, -0.15) is 0 Å². The molecule has 0 radical (unpaired) electrons. The van der Waals surface area contributed by atoms with Crippen LogP contribution in [0, 0.1) is 0 Å². The molecule has 1 aromatic carbocycles. The van der Waals surface area contributed by atoms with E-state index in [-0.39, 0.29) is 17.1 Å². The van der Waals surface area contributed by atoms with E-state index in [0.717, 1.165) is 12.1 Å². The summed E-state index contributed by atoms with van der Waals surface area (Å²) >= 11 is 1.34. The van der Waals surface area contributed by atoms with E-state index in [0.29, 0.717) is 23.8 Å². The van der Waals surface area contributed by atoms with Gasteiger partial charge in [0.05, 0.1) is 16.6 Å². The number of anilines is 2. The lowest BCUT2D eigenvalue weighted by atomic mass is 10.2. The fourth-order valence-corrected chi connectivity index (χ4v) is 3.33. The number of amides is 2. The molecular formula is C16H19N5O2S. The van der Waals surface area contributed by atoms with E-state index in [9.17, 15) is 9.59 Å². The van der Waals surface area contributed by atoms with Crippen LogP contribution in [0.1, 0.15) is 19.8 Å². The molecule has 2 heterocycles. The Morgan fingerprint density at radius 1 is 1.38 bits per heavy atom. The number of para-hydroxylation sites is 2. The second-order valence-corrected chi connectivity index (χ2v) is 6.95. The molecule has 1 N–H and O–H groups in total. The number of nitrogens with zero attached hydrogens (tertiary/aromatic N) is 4. The molecule has 1 fully saturated rings. The standard InChI is InChI=1S/C16H19N5O2S/c1-11(24-16-19-17-10-20(16)2)15(23)18-12-6-3-4-7-13(12)21-9-5-8-14(21)22/h3-4,6-7,10-11H,5,8-9H2,1-2H3,(H,18,23). The maximum Gasteiger partial charge on any atom is 0.237 e. The lowest BCUT2D eigenvalue weighted by molar-refractivity contribution is -0.117. The van der Waals surface area contributed by atoms with Gasteiger partial charge < -0.3 is 14.8 Å². The number of hydrogen-bond donors (Lipinski definition) is 1. The van der Waals surface area contributed by atoms with Crippen LogP contribution in [-0.4, -0.2) is 38.4 Å². The average molecular weight is 345 g/mol. The summed E-state index contributed by atoms with van der Waals surface area (Å²) in [6.45, 7) is 2.51. The van der Waals surface area contributed by atoms with Crippen LogP contribution in [-0.2, 0) is 16.6 Å². The highest BCUT2D eigenvalue weighted by Gasteiger charge is 2.25. The van der Waals surface area contributed by atoms with Crippen molar-refractivity contribution in [2.45, 2.75) is 30.2 Å². The van der Waals surface area contributed by atoms with E-state index in [1.807, 2.05) is 38.2 Å². The van der Waals surface area contributed by atoms with Crippen LogP contribution >= 0.6 is 11.8 Å². The molecule has 2 amide bonds. The average Bonchev–Trinajstić information content (AvgIpc) is 3.17. The summed E-state index contributed by atoms with van der Waals surface area (Å²) in [6.07, 6.45) is 3.00. The van der Waals surface area contributed by atoms with Crippen molar-refractivity contribution in [1.29, 1.82) is 0 Å². The van der Waals surface area contributed by atoms with Crippen molar-refractivity contribution in [3.8, 4) is 0 Å². The van der Waals surface area contributed by atoms with Gasteiger partial charge in [-0.1, -0.05) is 23.9 Å². The molecule has 8 heteroatoms. The van der Waals surface area contributed by atoms with Gasteiger partial charge in [0.15, 0.2) is 5.16 Å². The van der Waals surface area contributed by atoms with Gasteiger partial charge in [0.25, 0.3) is 0 Å². The predicted octanol–water partition coefficient (Wildman–Crippen LogP) is 2.06. The Kier molecular flexibility index (Phi) is 4.84. The summed E-state index contributed by atoms with van der Waals surface area (Å²) in [5.74, 6) is -0.0414. The van der Waals surface area contributed by atoms with Crippen LogP contribution in [0.2, 0.25) is 0 Å². The third kappa shape index (κ3) is 3.43. The van der Waals surface area contributed by atoms with Gasteiger partial charge in [-0.05, 0) is 25.5 Å². The summed E-state index contributed by atoms with van der Waals surface area (Å²) < 4.78 is 1.77. The molecule has 1 atom stereocenters. The number of benzene rings is 1. The molecule has 126 valence electrons. The second kappa shape index (κ2) is 7.04. The first-order chi connectivity index (χ1) is 11.6. The smallest absolute Gasteiger partial charge is 0.237 e. The Balaban J connectivity index is 1.72. The third-order valence-corrected chi connectivity index (χ3v) is 5.00. The van der Waals surface area contributed by atoms with Gasteiger partial charge in [-0.15, -0.1) is 10.2 Å². The van der Waals surface area contributed by atoms with Crippen molar-refractivity contribution in [2.24, 2.45) is 7.05 Å². The minimum atomic E-state index is -0.338. The fraction of sp³-hybridized carbons (Fsp3) is 0.375. The molecule has 1 aliphatic rings. The number of hydrogen-bond acceptors (Lipinski definition) is 5. The molecule has 1 aliphatic heterocycles. The Morgan fingerprint density at radius 3 is 2.83 bits per heavy atom. The second-order valence-electron chi connectivity index (χ2n) is 5.64. The Bertz CT molecular complexity index is 760. The van der Waals surface area contributed by atoms with E-state index in [1.165, 1.54) is 11.8 Å². The highest BCUT2D eigenvalue weighted by molar-refractivity contribution is 8.00. The zero-order chi connectivity index (χ0) is 17.1. The van der Waals surface area contributed by atoms with E-state index in [2.05, 4.69) is 15.5 Å². The summed E-state index contributed by atoms with van der Waals surface area (Å²) in [7, 11) is 1.83. The zero-order valence-electron chi connectivity index (χ0n) is 13.6. The number of thioether (sulfide) groups is 1. The summed E-state index contributed by atoms with van der Waals surface area (Å²) in [5, 5.41) is 11.1. The summed E-state index contributed by atoms with van der Waals surface area (Å²) in [5.41, 5.74) is 1.41. The SMILES string of the molecule is CC(Sc1nncn1C)C(=O)Nc1ccccc1N1CCCC1=O. The molecule has 0 bridgehead atoms. The molecule has 1 unspecified atom stereocenters. The highest BCUT2D eigenvalue weighted by atomic mass is 32.2. The lowest BCUT2D eigenvalue weighted by Gasteiger charge is -2.20. The molecule has 0 aliphatic carbocycles. The number of aromatic nitrogens is 3. The van der Waals surface area contributed by atoms with Crippen molar-refractivity contribution < 1.29 is 9.59 Å². The molecule has 1 saturated heterocycles. The molecule has 1 aromatic heterocycles. The van der Waals surface area contributed by atoms with Crippen LogP contribution in [0.25, 0.3) is 0 Å². The molecule has 2 aromatic rings. The van der Waals surface area contributed by atoms with Crippen molar-refractivity contribution in [3.63, 3.8) is 0 Å². The van der Waals surface area contributed by atoms with Crippen LogP contribution < -0.4 is 10.2 Å². The van der Waals surface area contributed by atoms with Crippen molar-refractivity contribution in [1.82, 2.24) is 14.8 Å². The van der Waals surface area contributed by atoms with Crippen molar-refractivity contribution >= 4 is 35.0 Å². The number of carbonyl (C=O) groups excluding carboxylic acids is 2. The number of aryl methyl sites for hydroxylation is 1. The monoisotopic (exact) mass is 345 g/mol. The minimum absolute atomic E-state index is 0.0956. The first-order valence-corrected chi connectivity index (χ1v) is 8.65. The summed E-state index contributed by atoms with van der Waals surface area (Å²) in [6, 6.07) is 7.40. The quantitative estimate of drug-likeness (QED) is 0.839. The maximum absolute atomic E-state index is 12.5. The maximum atomic E-state index is 12.5. The normalized spacial score (nSPS) is 15.6. The summed E-state index contributed by atoms with van der Waals surface area (Å²) in [4.78, 5) is 26.2. The predicted molar refractivity (Wildman–Crippen MR) is 93.0 cm³/mol. The molecule has 0 spiro atoms. The van der Waals surface area contributed by atoms with E-state index in [1.54, 1.807) is 15.8 Å².